The van der Waals surface area contributed by atoms with E-state index in [1.54, 1.807) is 29.4 Å². The van der Waals surface area contributed by atoms with E-state index in [4.69, 9.17) is 0 Å². The Bertz CT molecular complexity index is 804. The van der Waals surface area contributed by atoms with E-state index in [0.29, 0.717) is 5.56 Å². The number of fused-ring (bicyclic) bond motifs is 1. The second-order valence-corrected chi connectivity index (χ2v) is 8.52. The topological polar surface area (TPSA) is 83.1 Å². The van der Waals surface area contributed by atoms with E-state index in [2.05, 4.69) is 9.97 Å². The molecule has 0 bridgehead atoms. The van der Waals surface area contributed by atoms with Gasteiger partial charge < -0.3 is 9.88 Å². The summed E-state index contributed by atoms with van der Waals surface area (Å²) in [5.41, 5.74) is 2.16. The van der Waals surface area contributed by atoms with Gasteiger partial charge in [0.25, 0.3) is 5.91 Å². The van der Waals surface area contributed by atoms with Crippen molar-refractivity contribution < 1.29 is 13.2 Å². The zero-order chi connectivity index (χ0) is 15.9. The summed E-state index contributed by atoms with van der Waals surface area (Å²) in [6.45, 7) is 4.35. The van der Waals surface area contributed by atoms with Crippen molar-refractivity contribution in [2.75, 3.05) is 18.8 Å². The molecular formula is C15H19N3O3S. The summed E-state index contributed by atoms with van der Waals surface area (Å²) in [6.07, 6.45) is 1.58. The second kappa shape index (κ2) is 5.39. The van der Waals surface area contributed by atoms with Crippen molar-refractivity contribution in [1.29, 1.82) is 0 Å². The molecular weight excluding hydrogens is 302 g/mol. The van der Waals surface area contributed by atoms with Gasteiger partial charge in [0, 0.05) is 18.7 Å². The van der Waals surface area contributed by atoms with Gasteiger partial charge in [-0.2, -0.15) is 0 Å². The van der Waals surface area contributed by atoms with Gasteiger partial charge in [-0.25, -0.2) is 13.4 Å². The highest BCUT2D eigenvalue weighted by molar-refractivity contribution is 7.92. The number of nitrogens with one attached hydrogen (secondary N) is 1. The summed E-state index contributed by atoms with van der Waals surface area (Å²) < 4.78 is 24.2. The molecule has 1 aliphatic rings. The molecule has 0 spiro atoms. The van der Waals surface area contributed by atoms with Crippen LogP contribution in [-0.2, 0) is 9.84 Å². The first-order valence-electron chi connectivity index (χ1n) is 7.31. The molecule has 1 N–H and O–H groups in total. The molecule has 7 heteroatoms. The fourth-order valence-corrected chi connectivity index (χ4v) is 4.70. The third-order valence-electron chi connectivity index (χ3n) is 3.88. The molecule has 1 aromatic heterocycles. The van der Waals surface area contributed by atoms with Crippen LogP contribution in [0.2, 0.25) is 0 Å². The molecule has 1 fully saturated rings. The van der Waals surface area contributed by atoms with Crippen LogP contribution >= 0.6 is 0 Å². The van der Waals surface area contributed by atoms with Crippen molar-refractivity contribution in [3.63, 3.8) is 0 Å². The standard InChI is InChI=1S/C15H19N3O3S/c1-10(2)8-22(20,21)12-6-18(7-12)15(19)11-3-4-13-14(5-11)17-9-16-13/h3-5,9-10,12H,6-8H2,1-2H3,(H,16,17). The van der Waals surface area contributed by atoms with Crippen molar-refractivity contribution in [3.8, 4) is 0 Å². The summed E-state index contributed by atoms with van der Waals surface area (Å²) in [4.78, 5) is 21.0. The third-order valence-corrected chi connectivity index (χ3v) is 6.32. The maximum Gasteiger partial charge on any atom is 0.254 e. The van der Waals surface area contributed by atoms with Crippen molar-refractivity contribution in [2.24, 2.45) is 5.92 Å². The quantitative estimate of drug-likeness (QED) is 0.924. The molecule has 1 amide bonds. The zero-order valence-electron chi connectivity index (χ0n) is 12.6. The van der Waals surface area contributed by atoms with E-state index in [1.165, 1.54) is 0 Å². The molecule has 6 nitrogen and oxygen atoms in total. The van der Waals surface area contributed by atoms with Crippen molar-refractivity contribution in [3.05, 3.63) is 30.1 Å². The van der Waals surface area contributed by atoms with Crippen LogP contribution in [0.3, 0.4) is 0 Å². The minimum Gasteiger partial charge on any atom is -0.345 e. The fourth-order valence-electron chi connectivity index (χ4n) is 2.68. The van der Waals surface area contributed by atoms with Gasteiger partial charge in [-0.1, -0.05) is 13.8 Å². The lowest BCUT2D eigenvalue weighted by Crippen LogP contribution is -2.57. The van der Waals surface area contributed by atoms with Crippen LogP contribution in [0, 0.1) is 5.92 Å². The Hall–Kier alpha value is -1.89. The average molecular weight is 321 g/mol. The summed E-state index contributed by atoms with van der Waals surface area (Å²) in [5.74, 6) is 0.157. The first-order valence-corrected chi connectivity index (χ1v) is 9.02. The summed E-state index contributed by atoms with van der Waals surface area (Å²) in [5, 5.41) is -0.422. The van der Waals surface area contributed by atoms with Crippen LogP contribution in [0.15, 0.2) is 24.5 Å². The maximum absolute atomic E-state index is 12.4. The lowest BCUT2D eigenvalue weighted by Gasteiger charge is -2.39. The molecule has 1 aliphatic heterocycles. The van der Waals surface area contributed by atoms with Crippen LogP contribution in [0.4, 0.5) is 0 Å². The number of hydrogen-bond acceptors (Lipinski definition) is 4. The van der Waals surface area contributed by atoms with Crippen LogP contribution < -0.4 is 0 Å². The van der Waals surface area contributed by atoms with Crippen LogP contribution in [0.25, 0.3) is 11.0 Å². The number of imidazole rings is 1. The van der Waals surface area contributed by atoms with Crippen LogP contribution in [0.1, 0.15) is 24.2 Å². The van der Waals surface area contributed by atoms with Gasteiger partial charge in [-0.15, -0.1) is 0 Å². The molecule has 0 aliphatic carbocycles. The van der Waals surface area contributed by atoms with Gasteiger partial charge in [0.2, 0.25) is 0 Å². The fraction of sp³-hybridized carbons (Fsp3) is 0.467. The Kier molecular flexibility index (Phi) is 3.68. The molecule has 2 aromatic rings. The second-order valence-electron chi connectivity index (χ2n) is 6.19. The Morgan fingerprint density at radius 3 is 2.82 bits per heavy atom. The van der Waals surface area contributed by atoms with Gasteiger partial charge in [-0.3, -0.25) is 4.79 Å². The number of carbonyl (C=O) groups excluding carboxylic acids is 1. The number of rotatable bonds is 4. The molecule has 3 rings (SSSR count). The SMILES string of the molecule is CC(C)CS(=O)(=O)C1CN(C(=O)c2ccc3nc[nH]c3c2)C1. The Morgan fingerprint density at radius 2 is 2.14 bits per heavy atom. The largest absolute Gasteiger partial charge is 0.345 e. The molecule has 1 aromatic carbocycles. The van der Waals surface area contributed by atoms with E-state index in [9.17, 15) is 13.2 Å². The molecule has 1 saturated heterocycles. The van der Waals surface area contributed by atoms with Gasteiger partial charge in [-0.05, 0) is 24.1 Å². The molecule has 0 atom stereocenters. The van der Waals surface area contributed by atoms with Gasteiger partial charge >= 0.3 is 0 Å². The zero-order valence-corrected chi connectivity index (χ0v) is 13.4. The van der Waals surface area contributed by atoms with Crippen LogP contribution in [-0.4, -0.2) is 53.3 Å². The van der Waals surface area contributed by atoms with E-state index in [1.807, 2.05) is 13.8 Å². The molecule has 118 valence electrons. The number of carbonyl (C=O) groups is 1. The van der Waals surface area contributed by atoms with E-state index < -0.39 is 15.1 Å². The number of aromatic amines is 1. The third kappa shape index (κ3) is 2.72. The smallest absolute Gasteiger partial charge is 0.254 e. The number of H-pyrrole nitrogens is 1. The highest BCUT2D eigenvalue weighted by Crippen LogP contribution is 2.22. The number of sulfone groups is 1. The van der Waals surface area contributed by atoms with E-state index >= 15 is 0 Å². The highest BCUT2D eigenvalue weighted by Gasteiger charge is 2.39. The van der Waals surface area contributed by atoms with Gasteiger partial charge in [0.05, 0.1) is 28.4 Å². The number of hydrogen-bond donors (Lipinski definition) is 1. The monoisotopic (exact) mass is 321 g/mol. The maximum atomic E-state index is 12.4. The number of aromatic nitrogens is 2. The predicted octanol–water partition coefficient (Wildman–Crippen LogP) is 1.46. The van der Waals surface area contributed by atoms with Crippen LogP contribution in [0.5, 0.6) is 0 Å². The van der Waals surface area contributed by atoms with Gasteiger partial charge in [0.15, 0.2) is 9.84 Å². The summed E-state index contributed by atoms with van der Waals surface area (Å²) in [6, 6.07) is 5.26. The molecule has 22 heavy (non-hydrogen) atoms. The molecule has 0 saturated carbocycles. The predicted molar refractivity (Wildman–Crippen MR) is 84.4 cm³/mol. The first kappa shape index (κ1) is 15.0. The van der Waals surface area contributed by atoms with Crippen molar-refractivity contribution in [1.82, 2.24) is 14.9 Å². The number of nitrogens with zero attached hydrogens (tertiary/aromatic N) is 2. The lowest BCUT2D eigenvalue weighted by molar-refractivity contribution is 0.0659. The molecule has 0 unspecified atom stereocenters. The first-order chi connectivity index (χ1) is 10.4. The van der Waals surface area contributed by atoms with E-state index in [-0.39, 0.29) is 30.7 Å². The van der Waals surface area contributed by atoms with E-state index in [0.717, 1.165) is 11.0 Å². The number of likely N-dealkylation sites (tertiary alicyclic amines) is 1. The minimum absolute atomic E-state index is 0.109. The Labute approximate surface area is 129 Å². The summed E-state index contributed by atoms with van der Waals surface area (Å²) in [7, 11) is -3.11. The molecule has 2 heterocycles. The minimum atomic E-state index is -3.11. The number of benzene rings is 1. The highest BCUT2D eigenvalue weighted by atomic mass is 32.2. The molecule has 0 radical (unpaired) electrons. The Morgan fingerprint density at radius 1 is 1.41 bits per heavy atom. The van der Waals surface area contributed by atoms with Gasteiger partial charge in [0.1, 0.15) is 0 Å². The number of amides is 1. The lowest BCUT2D eigenvalue weighted by atomic mass is 10.1. The van der Waals surface area contributed by atoms with Crippen molar-refractivity contribution >= 4 is 26.8 Å². The average Bonchev–Trinajstić information content (AvgIpc) is 2.81. The normalized spacial score (nSPS) is 16.2. The Balaban J connectivity index is 1.68. The summed E-state index contributed by atoms with van der Waals surface area (Å²) >= 11 is 0. The van der Waals surface area contributed by atoms with Crippen molar-refractivity contribution in [2.45, 2.75) is 19.1 Å².